The van der Waals surface area contributed by atoms with Gasteiger partial charge in [-0.3, -0.25) is 0 Å². The maximum atomic E-state index is 4.52. The molecule has 0 bridgehead atoms. The van der Waals surface area contributed by atoms with Gasteiger partial charge in [-0.2, -0.15) is 11.3 Å². The minimum absolute atomic E-state index is 0.319. The summed E-state index contributed by atoms with van der Waals surface area (Å²) in [7, 11) is 1.87. The number of thiophene rings is 1. The van der Waals surface area contributed by atoms with Gasteiger partial charge < -0.3 is 10.6 Å². The van der Waals surface area contributed by atoms with Crippen LogP contribution in [0.25, 0.3) is 0 Å². The minimum atomic E-state index is 0.319. The van der Waals surface area contributed by atoms with Crippen LogP contribution < -0.4 is 10.6 Å². The number of nitrogens with one attached hydrogen (secondary N) is 2. The highest BCUT2D eigenvalue weighted by Gasteiger charge is 2.07. The summed E-state index contributed by atoms with van der Waals surface area (Å²) < 4.78 is 0. The highest BCUT2D eigenvalue weighted by Crippen LogP contribution is 2.17. The van der Waals surface area contributed by atoms with Crippen LogP contribution in [0.1, 0.15) is 31.2 Å². The van der Waals surface area contributed by atoms with Gasteiger partial charge in [-0.05, 0) is 22.4 Å². The van der Waals surface area contributed by atoms with Gasteiger partial charge in [0.2, 0.25) is 0 Å². The lowest BCUT2D eigenvalue weighted by Crippen LogP contribution is -2.07. The van der Waals surface area contributed by atoms with Crippen molar-refractivity contribution in [1.82, 2.24) is 9.97 Å². The van der Waals surface area contributed by atoms with Crippen LogP contribution in [0, 0.1) is 0 Å². The number of nitrogens with zero attached hydrogens (tertiary/aromatic N) is 2. The molecular weight excluding hydrogens is 244 g/mol. The Bertz CT molecular complexity index is 494. The molecule has 2 rings (SSSR count). The van der Waals surface area contributed by atoms with E-state index in [0.29, 0.717) is 5.92 Å². The summed E-state index contributed by atoms with van der Waals surface area (Å²) in [6.45, 7) is 4.98. The molecule has 18 heavy (non-hydrogen) atoms. The largest absolute Gasteiger partial charge is 0.373 e. The van der Waals surface area contributed by atoms with Gasteiger partial charge in [0, 0.05) is 25.6 Å². The molecule has 0 saturated carbocycles. The van der Waals surface area contributed by atoms with Crippen molar-refractivity contribution in [2.45, 2.75) is 26.3 Å². The van der Waals surface area contributed by atoms with Crippen molar-refractivity contribution >= 4 is 23.0 Å². The molecular formula is C13H18N4S. The summed E-state index contributed by atoms with van der Waals surface area (Å²) in [5.74, 6) is 2.89. The van der Waals surface area contributed by atoms with E-state index < -0.39 is 0 Å². The quantitative estimate of drug-likeness (QED) is 0.868. The first-order valence-corrected chi connectivity index (χ1v) is 6.95. The lowest BCUT2D eigenvalue weighted by molar-refractivity contribution is 0.776. The lowest BCUT2D eigenvalue weighted by Gasteiger charge is -2.11. The van der Waals surface area contributed by atoms with Crippen LogP contribution in [0.2, 0.25) is 0 Å². The van der Waals surface area contributed by atoms with Crippen molar-refractivity contribution in [3.63, 3.8) is 0 Å². The maximum absolute atomic E-state index is 4.52. The summed E-state index contributed by atoms with van der Waals surface area (Å²) in [6.07, 6.45) is 0. The molecule has 0 radical (unpaired) electrons. The fraction of sp³-hybridized carbons (Fsp3) is 0.385. The number of anilines is 2. The third-order valence-electron chi connectivity index (χ3n) is 2.57. The molecule has 2 heterocycles. The van der Waals surface area contributed by atoms with Crippen molar-refractivity contribution in [2.24, 2.45) is 0 Å². The Morgan fingerprint density at radius 3 is 2.67 bits per heavy atom. The van der Waals surface area contributed by atoms with E-state index in [1.165, 1.54) is 5.56 Å². The van der Waals surface area contributed by atoms with Crippen LogP contribution in [0.15, 0.2) is 22.9 Å². The van der Waals surface area contributed by atoms with E-state index in [-0.39, 0.29) is 0 Å². The molecule has 2 N–H and O–H groups in total. The van der Waals surface area contributed by atoms with Crippen LogP contribution >= 0.6 is 11.3 Å². The molecule has 0 aliphatic heterocycles. The third kappa shape index (κ3) is 3.20. The molecule has 0 aliphatic carbocycles. The first-order chi connectivity index (χ1) is 8.69. The molecule has 0 unspecified atom stereocenters. The predicted molar refractivity (Wildman–Crippen MR) is 77.3 cm³/mol. The molecule has 4 nitrogen and oxygen atoms in total. The van der Waals surface area contributed by atoms with Gasteiger partial charge in [0.05, 0.1) is 0 Å². The minimum Gasteiger partial charge on any atom is -0.373 e. The second-order valence-corrected chi connectivity index (χ2v) is 5.17. The SMILES string of the molecule is CNc1cc(NCc2ccsc2)nc(C(C)C)n1. The van der Waals surface area contributed by atoms with Gasteiger partial charge in [-0.1, -0.05) is 13.8 Å². The van der Waals surface area contributed by atoms with E-state index in [2.05, 4.69) is 51.3 Å². The van der Waals surface area contributed by atoms with Gasteiger partial charge in [0.15, 0.2) is 0 Å². The molecule has 2 aromatic heterocycles. The normalized spacial score (nSPS) is 10.7. The highest BCUT2D eigenvalue weighted by molar-refractivity contribution is 7.07. The van der Waals surface area contributed by atoms with Gasteiger partial charge in [-0.25, -0.2) is 9.97 Å². The Balaban J connectivity index is 2.13. The average molecular weight is 262 g/mol. The Hall–Kier alpha value is -1.62. The van der Waals surface area contributed by atoms with Gasteiger partial charge in [0.1, 0.15) is 17.5 Å². The smallest absolute Gasteiger partial charge is 0.135 e. The molecule has 96 valence electrons. The van der Waals surface area contributed by atoms with E-state index in [0.717, 1.165) is 24.0 Å². The van der Waals surface area contributed by atoms with Crippen LogP contribution in [0.4, 0.5) is 11.6 Å². The zero-order chi connectivity index (χ0) is 13.0. The summed E-state index contributed by atoms with van der Waals surface area (Å²) >= 11 is 1.71. The van der Waals surface area contributed by atoms with Gasteiger partial charge >= 0.3 is 0 Å². The Morgan fingerprint density at radius 2 is 2.06 bits per heavy atom. The molecule has 0 aliphatic rings. The molecule has 0 spiro atoms. The van der Waals surface area contributed by atoms with Gasteiger partial charge in [0.25, 0.3) is 0 Å². The number of rotatable bonds is 5. The second kappa shape index (κ2) is 5.82. The van der Waals surface area contributed by atoms with Crippen molar-refractivity contribution in [2.75, 3.05) is 17.7 Å². The Morgan fingerprint density at radius 1 is 1.28 bits per heavy atom. The van der Waals surface area contributed by atoms with Gasteiger partial charge in [-0.15, -0.1) is 0 Å². The van der Waals surface area contributed by atoms with Crippen molar-refractivity contribution < 1.29 is 0 Å². The maximum Gasteiger partial charge on any atom is 0.135 e. The first kappa shape index (κ1) is 12.8. The van der Waals surface area contributed by atoms with Crippen LogP contribution in [-0.4, -0.2) is 17.0 Å². The Kier molecular flexibility index (Phi) is 4.15. The predicted octanol–water partition coefficient (Wildman–Crippen LogP) is 3.32. The van der Waals surface area contributed by atoms with Crippen molar-refractivity contribution in [1.29, 1.82) is 0 Å². The van der Waals surface area contributed by atoms with Crippen LogP contribution in [0.3, 0.4) is 0 Å². The van der Waals surface area contributed by atoms with Crippen molar-refractivity contribution in [3.05, 3.63) is 34.3 Å². The average Bonchev–Trinajstić information content (AvgIpc) is 2.89. The number of hydrogen-bond acceptors (Lipinski definition) is 5. The highest BCUT2D eigenvalue weighted by atomic mass is 32.1. The zero-order valence-electron chi connectivity index (χ0n) is 10.9. The second-order valence-electron chi connectivity index (χ2n) is 4.39. The molecule has 0 fully saturated rings. The van der Waals surface area contributed by atoms with E-state index >= 15 is 0 Å². The summed E-state index contributed by atoms with van der Waals surface area (Å²) in [5.41, 5.74) is 1.27. The summed E-state index contributed by atoms with van der Waals surface area (Å²) in [6, 6.07) is 4.04. The van der Waals surface area contributed by atoms with E-state index in [4.69, 9.17) is 0 Å². The zero-order valence-corrected chi connectivity index (χ0v) is 11.7. The Labute approximate surface area is 111 Å². The van der Waals surface area contributed by atoms with Crippen LogP contribution in [0.5, 0.6) is 0 Å². The van der Waals surface area contributed by atoms with Crippen molar-refractivity contribution in [3.8, 4) is 0 Å². The van der Waals surface area contributed by atoms with E-state index in [9.17, 15) is 0 Å². The summed E-state index contributed by atoms with van der Waals surface area (Å²) in [4.78, 5) is 8.96. The molecule has 0 amide bonds. The molecule has 0 atom stereocenters. The van der Waals surface area contributed by atoms with E-state index in [1.807, 2.05) is 13.1 Å². The molecule has 5 heteroatoms. The standard InChI is InChI=1S/C13H18N4S/c1-9(2)13-16-11(14-3)6-12(17-13)15-7-10-4-5-18-8-10/h4-6,8-9H,7H2,1-3H3,(H2,14,15,16,17). The topological polar surface area (TPSA) is 49.8 Å². The fourth-order valence-electron chi connectivity index (χ4n) is 1.53. The van der Waals surface area contributed by atoms with E-state index in [1.54, 1.807) is 11.3 Å². The molecule has 0 saturated heterocycles. The first-order valence-electron chi connectivity index (χ1n) is 6.00. The fourth-order valence-corrected chi connectivity index (χ4v) is 2.20. The lowest BCUT2D eigenvalue weighted by atomic mass is 10.2. The summed E-state index contributed by atoms with van der Waals surface area (Å²) in [5, 5.41) is 10.6. The third-order valence-corrected chi connectivity index (χ3v) is 3.30. The monoisotopic (exact) mass is 262 g/mol. The van der Waals surface area contributed by atoms with Crippen LogP contribution in [-0.2, 0) is 6.54 Å². The number of hydrogen-bond donors (Lipinski definition) is 2. The number of aromatic nitrogens is 2. The molecule has 2 aromatic rings. The molecule has 0 aromatic carbocycles.